The number of pyridine rings is 1. The third-order valence-corrected chi connectivity index (χ3v) is 8.37. The van der Waals surface area contributed by atoms with Crippen LogP contribution in [0.4, 0.5) is 4.79 Å². The van der Waals surface area contributed by atoms with Crippen LogP contribution in [0.15, 0.2) is 17.0 Å². The summed E-state index contributed by atoms with van der Waals surface area (Å²) in [7, 11) is 0. The number of piperidine rings is 1. The molecule has 4 heterocycles. The number of ketones is 1. The van der Waals surface area contributed by atoms with Crippen molar-refractivity contribution >= 4 is 40.7 Å². The van der Waals surface area contributed by atoms with Gasteiger partial charge < -0.3 is 14.5 Å². The Morgan fingerprint density at radius 3 is 2.66 bits per heavy atom. The molecule has 0 aliphatic carbocycles. The number of aryl methyl sites for hydroxylation is 2. The average molecular weight is 562 g/mol. The molecule has 0 unspecified atom stereocenters. The Morgan fingerprint density at radius 1 is 1.26 bits per heavy atom. The largest absolute Gasteiger partial charge is 0.448 e. The maximum absolute atomic E-state index is 13.3. The van der Waals surface area contributed by atoms with E-state index in [1.54, 1.807) is 11.6 Å². The van der Waals surface area contributed by atoms with Crippen LogP contribution in [0.3, 0.4) is 0 Å². The molecule has 2 aromatic rings. The number of nitrogens with zero attached hydrogens (tertiary/aromatic N) is 5. The second kappa shape index (κ2) is 13.0. The van der Waals surface area contributed by atoms with Gasteiger partial charge in [0.1, 0.15) is 18.3 Å². The van der Waals surface area contributed by atoms with Gasteiger partial charge in [-0.15, -0.1) is 11.3 Å². The molecule has 2 aliphatic rings. The zero-order valence-corrected chi connectivity index (χ0v) is 23.9. The van der Waals surface area contributed by atoms with E-state index in [-0.39, 0.29) is 24.3 Å². The molecule has 2 amide bonds. The van der Waals surface area contributed by atoms with Gasteiger partial charge in [0.05, 0.1) is 30.0 Å². The van der Waals surface area contributed by atoms with Gasteiger partial charge in [-0.1, -0.05) is 11.6 Å². The number of rotatable bonds is 11. The van der Waals surface area contributed by atoms with E-state index < -0.39 is 6.09 Å². The topological polar surface area (TPSA) is 95.9 Å². The minimum atomic E-state index is -0.424. The summed E-state index contributed by atoms with van der Waals surface area (Å²) < 4.78 is 5.00. The van der Waals surface area contributed by atoms with Crippen LogP contribution in [0.1, 0.15) is 66.3 Å². The van der Waals surface area contributed by atoms with Crippen molar-refractivity contribution in [2.24, 2.45) is 0 Å². The zero-order chi connectivity index (χ0) is 27.2. The molecule has 2 saturated heterocycles. The van der Waals surface area contributed by atoms with Gasteiger partial charge in [-0.3, -0.25) is 14.5 Å². The highest BCUT2D eigenvalue weighted by Crippen LogP contribution is 2.24. The quantitative estimate of drug-likeness (QED) is 0.294. The van der Waals surface area contributed by atoms with Gasteiger partial charge in [0, 0.05) is 42.5 Å². The van der Waals surface area contributed by atoms with Gasteiger partial charge in [-0.2, -0.15) is 0 Å². The highest BCUT2D eigenvalue weighted by molar-refractivity contribution is 7.07. The minimum Gasteiger partial charge on any atom is -0.448 e. The van der Waals surface area contributed by atoms with Crippen molar-refractivity contribution in [1.29, 1.82) is 0 Å². The first kappa shape index (κ1) is 28.4. The number of carbonyl (C=O) groups excluding carboxylic acids is 3. The minimum absolute atomic E-state index is 0.0374. The molecule has 4 rings (SSSR count). The van der Waals surface area contributed by atoms with Crippen LogP contribution in [-0.4, -0.2) is 87.3 Å². The molecular formula is C27H36ClN5O4S. The van der Waals surface area contributed by atoms with Crippen molar-refractivity contribution in [1.82, 2.24) is 24.7 Å². The van der Waals surface area contributed by atoms with E-state index in [2.05, 4.69) is 21.8 Å². The number of hydrogen-bond donors (Lipinski definition) is 0. The van der Waals surface area contributed by atoms with Crippen LogP contribution >= 0.6 is 22.9 Å². The Hall–Kier alpha value is -2.56. The summed E-state index contributed by atoms with van der Waals surface area (Å²) in [5.74, 6) is 0.0530. The lowest BCUT2D eigenvalue weighted by molar-refractivity contribution is -0.136. The number of cyclic esters (lactones) is 1. The number of thiazole rings is 1. The van der Waals surface area contributed by atoms with E-state index in [1.165, 1.54) is 16.2 Å². The van der Waals surface area contributed by atoms with E-state index >= 15 is 0 Å². The Morgan fingerprint density at radius 2 is 2.03 bits per heavy atom. The number of hydrogen-bond acceptors (Lipinski definition) is 8. The molecule has 1 atom stereocenters. The molecular weight excluding hydrogens is 526 g/mol. The summed E-state index contributed by atoms with van der Waals surface area (Å²) in [5.41, 5.74) is 4.90. The first-order valence-electron chi connectivity index (χ1n) is 13.2. The van der Waals surface area contributed by atoms with Crippen molar-refractivity contribution in [2.45, 2.75) is 71.5 Å². The Kier molecular flexibility index (Phi) is 9.73. The molecule has 2 fully saturated rings. The predicted molar refractivity (Wildman–Crippen MR) is 147 cm³/mol. The van der Waals surface area contributed by atoms with Crippen LogP contribution in [0.2, 0.25) is 5.15 Å². The van der Waals surface area contributed by atoms with Crippen LogP contribution in [-0.2, 0) is 16.1 Å². The maximum atomic E-state index is 13.3. The van der Waals surface area contributed by atoms with Crippen LogP contribution in [0.5, 0.6) is 0 Å². The van der Waals surface area contributed by atoms with E-state index in [4.69, 9.17) is 16.3 Å². The third-order valence-electron chi connectivity index (χ3n) is 7.54. The Labute approximate surface area is 233 Å². The Balaban J connectivity index is 1.28. The zero-order valence-electron chi connectivity index (χ0n) is 22.3. The summed E-state index contributed by atoms with van der Waals surface area (Å²) >= 11 is 7.52. The van der Waals surface area contributed by atoms with Gasteiger partial charge in [0.25, 0.3) is 0 Å². The molecule has 0 N–H and O–H groups in total. The first-order chi connectivity index (χ1) is 18.2. The smallest absolute Gasteiger partial charge is 0.410 e. The number of likely N-dealkylation sites (tertiary alicyclic amines) is 1. The van der Waals surface area contributed by atoms with E-state index in [1.807, 2.05) is 24.1 Å². The summed E-state index contributed by atoms with van der Waals surface area (Å²) in [6.45, 7) is 8.97. The molecule has 206 valence electrons. The summed E-state index contributed by atoms with van der Waals surface area (Å²) in [5, 5.41) is 2.38. The van der Waals surface area contributed by atoms with Crippen LogP contribution in [0.25, 0.3) is 0 Å². The standard InChI is InChI=1S/C27H36ClN5O4S/c1-18-13-24(28)30-20(3)26(18)23(34)6-4-5-19(2)31-9-7-22(8-10-31)33(14-21-16-38-17-29-21)25(35)15-32-11-12-37-27(32)36/h13,16-17,19,22H,4-12,14-15H2,1-3H3/t19-/m1/s1. The highest BCUT2D eigenvalue weighted by Gasteiger charge is 2.33. The van der Waals surface area contributed by atoms with E-state index in [9.17, 15) is 14.4 Å². The number of ether oxygens (including phenoxy) is 1. The fraction of sp³-hybridized carbons (Fsp3) is 0.593. The number of halogens is 1. The second-order valence-electron chi connectivity index (χ2n) is 10.2. The molecule has 2 aromatic heterocycles. The van der Waals surface area contributed by atoms with Gasteiger partial charge in [0.2, 0.25) is 5.91 Å². The first-order valence-corrected chi connectivity index (χ1v) is 14.5. The number of aromatic nitrogens is 2. The molecule has 0 saturated carbocycles. The van der Waals surface area contributed by atoms with Gasteiger partial charge in [-0.25, -0.2) is 14.8 Å². The average Bonchev–Trinajstić information content (AvgIpc) is 3.53. The predicted octanol–water partition coefficient (Wildman–Crippen LogP) is 4.50. The lowest BCUT2D eigenvalue weighted by atomic mass is 9.97. The van der Waals surface area contributed by atoms with Gasteiger partial charge >= 0.3 is 6.09 Å². The molecule has 0 bridgehead atoms. The van der Waals surface area contributed by atoms with E-state index in [0.717, 1.165) is 50.0 Å². The van der Waals surface area contributed by atoms with Crippen molar-refractivity contribution < 1.29 is 19.1 Å². The summed E-state index contributed by atoms with van der Waals surface area (Å²) in [4.78, 5) is 52.4. The lowest BCUT2D eigenvalue weighted by Gasteiger charge is -2.41. The fourth-order valence-electron chi connectivity index (χ4n) is 5.44. The van der Waals surface area contributed by atoms with Gasteiger partial charge in [0.15, 0.2) is 5.78 Å². The molecule has 38 heavy (non-hydrogen) atoms. The Bertz CT molecular complexity index is 1110. The molecule has 9 nitrogen and oxygen atoms in total. The van der Waals surface area contributed by atoms with Crippen molar-refractivity contribution in [3.8, 4) is 0 Å². The summed E-state index contributed by atoms with van der Waals surface area (Å²) in [6.07, 6.45) is 3.51. The third kappa shape index (κ3) is 7.09. The summed E-state index contributed by atoms with van der Waals surface area (Å²) in [6, 6.07) is 2.18. The number of Topliss-reactive ketones (excluding diaryl/α,β-unsaturated/α-hetero) is 1. The SMILES string of the molecule is Cc1cc(Cl)nc(C)c1C(=O)CCC[C@@H](C)N1CCC(N(Cc2cscn2)C(=O)CN2CCOC2=O)CC1. The molecule has 11 heteroatoms. The second-order valence-corrected chi connectivity index (χ2v) is 11.3. The number of carbonyl (C=O) groups is 3. The van der Waals surface area contributed by atoms with Crippen LogP contribution in [0, 0.1) is 13.8 Å². The normalized spacial score (nSPS) is 17.5. The molecule has 0 spiro atoms. The van der Waals surface area contributed by atoms with Crippen molar-refractivity contribution in [2.75, 3.05) is 32.8 Å². The molecule has 2 aliphatic heterocycles. The van der Waals surface area contributed by atoms with Gasteiger partial charge in [-0.05, 0) is 58.1 Å². The van der Waals surface area contributed by atoms with Crippen LogP contribution < -0.4 is 0 Å². The van der Waals surface area contributed by atoms with Crippen molar-refractivity contribution in [3.63, 3.8) is 0 Å². The lowest BCUT2D eigenvalue weighted by Crippen LogP contribution is -2.51. The molecule has 0 radical (unpaired) electrons. The molecule has 0 aromatic carbocycles. The monoisotopic (exact) mass is 561 g/mol. The van der Waals surface area contributed by atoms with E-state index in [0.29, 0.717) is 48.6 Å². The van der Waals surface area contributed by atoms with Crippen molar-refractivity contribution in [3.05, 3.63) is 44.6 Å². The highest BCUT2D eigenvalue weighted by atomic mass is 35.5. The maximum Gasteiger partial charge on any atom is 0.410 e. The number of amides is 2. The fourth-order valence-corrected chi connectivity index (χ4v) is 6.28.